The van der Waals surface area contributed by atoms with Gasteiger partial charge in [-0.15, -0.1) is 6.58 Å². The zero-order valence-corrected chi connectivity index (χ0v) is 15.7. The van der Waals surface area contributed by atoms with Crippen LogP contribution in [0.1, 0.15) is 17.2 Å². The van der Waals surface area contributed by atoms with Gasteiger partial charge in [-0.05, 0) is 36.2 Å². The fourth-order valence-corrected chi connectivity index (χ4v) is 4.23. The predicted molar refractivity (Wildman–Crippen MR) is 101 cm³/mol. The molecule has 0 radical (unpaired) electrons. The molecule has 1 N–H and O–H groups in total. The van der Waals surface area contributed by atoms with E-state index >= 15 is 0 Å². The summed E-state index contributed by atoms with van der Waals surface area (Å²) < 4.78 is 30.6. The number of ether oxygens (including phenoxy) is 1. The molecule has 134 valence electrons. The lowest BCUT2D eigenvalue weighted by molar-refractivity contribution is 0.317. The molecule has 25 heavy (non-hydrogen) atoms. The van der Waals surface area contributed by atoms with Gasteiger partial charge in [0.15, 0.2) is 9.84 Å². The van der Waals surface area contributed by atoms with Crippen molar-refractivity contribution in [3.05, 3.63) is 70.7 Å². The highest BCUT2D eigenvalue weighted by Gasteiger charge is 2.23. The van der Waals surface area contributed by atoms with E-state index in [0.29, 0.717) is 22.8 Å². The Labute approximate surface area is 157 Å². The molecule has 0 aliphatic rings. The summed E-state index contributed by atoms with van der Waals surface area (Å²) in [7, 11) is -3.41. The first kappa shape index (κ1) is 19.6. The van der Waals surface area contributed by atoms with Crippen LogP contribution in [0.2, 0.25) is 10.0 Å². The fourth-order valence-electron chi connectivity index (χ4n) is 2.30. The lowest BCUT2D eigenvalue weighted by Crippen LogP contribution is -2.17. The van der Waals surface area contributed by atoms with Crippen molar-refractivity contribution in [2.24, 2.45) is 0 Å². The quantitative estimate of drug-likeness (QED) is 0.509. The summed E-state index contributed by atoms with van der Waals surface area (Å²) >= 11 is 11.6. The SMILES string of the molecule is C=CC(c1ccc(Cl)cc1)S(=O)(=O)CCCOc1ccc(O)c(Cl)c1. The number of phenols is 1. The third kappa shape index (κ3) is 5.39. The number of phenolic OH excluding ortho intramolecular Hbond substituents is 1. The van der Waals surface area contributed by atoms with Crippen LogP contribution in [0.4, 0.5) is 0 Å². The normalized spacial score (nSPS) is 12.6. The number of rotatable bonds is 8. The molecule has 2 rings (SSSR count). The summed E-state index contributed by atoms with van der Waals surface area (Å²) in [5, 5.41) is 9.29. The van der Waals surface area contributed by atoms with Crippen molar-refractivity contribution in [1.29, 1.82) is 0 Å². The van der Waals surface area contributed by atoms with E-state index in [1.807, 2.05) is 0 Å². The molecule has 4 nitrogen and oxygen atoms in total. The first-order valence-corrected chi connectivity index (χ1v) is 10.0. The third-order valence-electron chi connectivity index (χ3n) is 3.56. The van der Waals surface area contributed by atoms with Crippen LogP contribution in [0.15, 0.2) is 55.1 Å². The molecule has 0 aliphatic carbocycles. The van der Waals surface area contributed by atoms with Crippen LogP contribution in [0.25, 0.3) is 0 Å². The second kappa shape index (κ2) is 8.61. The first-order valence-electron chi connectivity index (χ1n) is 7.54. The number of aromatic hydroxyl groups is 1. The molecule has 2 aromatic rings. The molecule has 0 aromatic heterocycles. The van der Waals surface area contributed by atoms with Gasteiger partial charge >= 0.3 is 0 Å². The van der Waals surface area contributed by atoms with E-state index in [1.165, 1.54) is 18.2 Å². The van der Waals surface area contributed by atoms with Crippen molar-refractivity contribution in [2.75, 3.05) is 12.4 Å². The topological polar surface area (TPSA) is 63.6 Å². The molecule has 0 saturated heterocycles. The Morgan fingerprint density at radius 2 is 1.84 bits per heavy atom. The summed E-state index contributed by atoms with van der Waals surface area (Å²) in [5.41, 5.74) is 0.630. The highest BCUT2D eigenvalue weighted by atomic mass is 35.5. The third-order valence-corrected chi connectivity index (χ3v) is 6.21. The molecule has 0 saturated carbocycles. The summed E-state index contributed by atoms with van der Waals surface area (Å²) in [5.74, 6) is 0.393. The van der Waals surface area contributed by atoms with Gasteiger partial charge in [-0.1, -0.05) is 41.4 Å². The fraction of sp³-hybridized carbons (Fsp3) is 0.222. The van der Waals surface area contributed by atoms with E-state index in [9.17, 15) is 13.5 Å². The Bertz CT molecular complexity index is 833. The standard InChI is InChI=1S/C18H18Cl2O4S/c1-2-18(13-4-6-14(19)7-5-13)25(22,23)11-3-10-24-15-8-9-17(21)16(20)12-15/h2,4-9,12,18,21H,1,3,10-11H2. The Hall–Kier alpha value is -1.69. The van der Waals surface area contributed by atoms with Gasteiger partial charge in [-0.25, -0.2) is 8.42 Å². The van der Waals surface area contributed by atoms with Gasteiger partial charge in [0.05, 0.1) is 17.4 Å². The lowest BCUT2D eigenvalue weighted by Gasteiger charge is -2.14. The number of halogens is 2. The molecule has 7 heteroatoms. The van der Waals surface area contributed by atoms with Crippen LogP contribution in [0.3, 0.4) is 0 Å². The highest BCUT2D eigenvalue weighted by Crippen LogP contribution is 2.28. The molecule has 2 aromatic carbocycles. The smallest absolute Gasteiger partial charge is 0.161 e. The van der Waals surface area contributed by atoms with Gasteiger partial charge in [-0.2, -0.15) is 0 Å². The van der Waals surface area contributed by atoms with Crippen LogP contribution in [-0.2, 0) is 9.84 Å². The van der Waals surface area contributed by atoms with E-state index in [1.54, 1.807) is 30.3 Å². The zero-order chi connectivity index (χ0) is 18.4. The lowest BCUT2D eigenvalue weighted by atomic mass is 10.1. The number of sulfone groups is 1. The number of hydrogen-bond acceptors (Lipinski definition) is 4. The van der Waals surface area contributed by atoms with E-state index in [4.69, 9.17) is 27.9 Å². The second-order valence-electron chi connectivity index (χ2n) is 5.39. The molecule has 0 bridgehead atoms. The second-order valence-corrected chi connectivity index (χ2v) is 8.48. The van der Waals surface area contributed by atoms with E-state index in [2.05, 4.69) is 6.58 Å². The maximum Gasteiger partial charge on any atom is 0.161 e. The van der Waals surface area contributed by atoms with Crippen LogP contribution in [-0.4, -0.2) is 25.9 Å². The van der Waals surface area contributed by atoms with Crippen molar-refractivity contribution in [3.63, 3.8) is 0 Å². The van der Waals surface area contributed by atoms with Crippen LogP contribution in [0.5, 0.6) is 11.5 Å². The molecule has 0 aliphatic heterocycles. The van der Waals surface area contributed by atoms with Gasteiger partial charge in [0, 0.05) is 11.1 Å². The average molecular weight is 401 g/mol. The van der Waals surface area contributed by atoms with Gasteiger partial charge in [0.1, 0.15) is 16.7 Å². The Balaban J connectivity index is 1.94. The molecule has 0 fully saturated rings. The van der Waals surface area contributed by atoms with Gasteiger partial charge in [-0.3, -0.25) is 0 Å². The molecule has 0 spiro atoms. The predicted octanol–water partition coefficient (Wildman–Crippen LogP) is 4.81. The summed E-state index contributed by atoms with van der Waals surface area (Å²) in [4.78, 5) is 0. The van der Waals surface area contributed by atoms with Gasteiger partial charge in [0.2, 0.25) is 0 Å². The summed E-state index contributed by atoms with van der Waals surface area (Å²) in [6.07, 6.45) is 1.73. The summed E-state index contributed by atoms with van der Waals surface area (Å²) in [6.45, 7) is 3.85. The molecular formula is C18H18Cl2O4S. The van der Waals surface area contributed by atoms with Gasteiger partial charge in [0.25, 0.3) is 0 Å². The Morgan fingerprint density at radius 3 is 2.44 bits per heavy atom. The summed E-state index contributed by atoms with van der Waals surface area (Å²) in [6, 6.07) is 11.1. The Morgan fingerprint density at radius 1 is 1.16 bits per heavy atom. The number of benzene rings is 2. The Kier molecular flexibility index (Phi) is 6.76. The minimum Gasteiger partial charge on any atom is -0.506 e. The first-order chi connectivity index (χ1) is 11.8. The van der Waals surface area contributed by atoms with Crippen molar-refractivity contribution < 1.29 is 18.3 Å². The molecule has 0 amide bonds. The highest BCUT2D eigenvalue weighted by molar-refractivity contribution is 7.91. The van der Waals surface area contributed by atoms with Crippen LogP contribution >= 0.6 is 23.2 Å². The number of hydrogen-bond donors (Lipinski definition) is 1. The molecular weight excluding hydrogens is 383 g/mol. The van der Waals surface area contributed by atoms with Crippen LogP contribution in [0, 0.1) is 0 Å². The monoisotopic (exact) mass is 400 g/mol. The maximum atomic E-state index is 12.5. The molecule has 1 unspecified atom stereocenters. The van der Waals surface area contributed by atoms with Crippen LogP contribution < -0.4 is 4.74 Å². The van der Waals surface area contributed by atoms with E-state index < -0.39 is 15.1 Å². The molecule has 1 atom stereocenters. The maximum absolute atomic E-state index is 12.5. The largest absolute Gasteiger partial charge is 0.506 e. The van der Waals surface area contributed by atoms with E-state index in [-0.39, 0.29) is 23.1 Å². The van der Waals surface area contributed by atoms with Crippen molar-refractivity contribution in [2.45, 2.75) is 11.7 Å². The van der Waals surface area contributed by atoms with Crippen molar-refractivity contribution in [3.8, 4) is 11.5 Å². The molecule has 0 heterocycles. The minimum atomic E-state index is -3.41. The van der Waals surface area contributed by atoms with E-state index in [0.717, 1.165) is 0 Å². The minimum absolute atomic E-state index is 0.0339. The van der Waals surface area contributed by atoms with Crippen molar-refractivity contribution >= 4 is 33.0 Å². The van der Waals surface area contributed by atoms with Crippen molar-refractivity contribution in [1.82, 2.24) is 0 Å². The zero-order valence-electron chi connectivity index (χ0n) is 13.4. The average Bonchev–Trinajstić information content (AvgIpc) is 2.57. The van der Waals surface area contributed by atoms with Gasteiger partial charge < -0.3 is 9.84 Å².